The predicted octanol–water partition coefficient (Wildman–Crippen LogP) is 2.22. The second kappa shape index (κ2) is 2.38. The van der Waals surface area contributed by atoms with Crippen LogP contribution in [0.2, 0.25) is 0 Å². The standard InChI is InChI=1S/C11H15N/c1-2-8-6-9(3-1)10-4-5-12-11(10)7-8/h1,3,8-9,12H,2,4-7H2. The molecule has 1 aliphatic heterocycles. The Labute approximate surface area is 73.5 Å². The maximum Gasteiger partial charge on any atom is 0.0182 e. The monoisotopic (exact) mass is 161 g/mol. The van der Waals surface area contributed by atoms with Gasteiger partial charge in [0.05, 0.1) is 0 Å². The normalized spacial score (nSPS) is 38.0. The molecule has 1 heteroatoms. The Bertz CT molecular complexity index is 262. The lowest BCUT2D eigenvalue weighted by Gasteiger charge is -2.31. The summed E-state index contributed by atoms with van der Waals surface area (Å²) < 4.78 is 0. The minimum absolute atomic E-state index is 0.808. The lowest BCUT2D eigenvalue weighted by molar-refractivity contribution is 0.391. The zero-order chi connectivity index (χ0) is 7.97. The van der Waals surface area contributed by atoms with Crippen LogP contribution in [0.5, 0.6) is 0 Å². The van der Waals surface area contributed by atoms with E-state index in [4.69, 9.17) is 0 Å². The summed E-state index contributed by atoms with van der Waals surface area (Å²) in [6.07, 6.45) is 10.2. The van der Waals surface area contributed by atoms with Crippen molar-refractivity contribution >= 4 is 0 Å². The zero-order valence-electron chi connectivity index (χ0n) is 7.34. The van der Waals surface area contributed by atoms with Crippen LogP contribution in [0.4, 0.5) is 0 Å². The Hall–Kier alpha value is -0.720. The van der Waals surface area contributed by atoms with Gasteiger partial charge in [0.15, 0.2) is 0 Å². The van der Waals surface area contributed by atoms with Gasteiger partial charge in [0.25, 0.3) is 0 Å². The second-order valence-electron chi connectivity index (χ2n) is 4.26. The van der Waals surface area contributed by atoms with Gasteiger partial charge in [-0.15, -0.1) is 0 Å². The van der Waals surface area contributed by atoms with E-state index in [1.165, 1.54) is 32.2 Å². The van der Waals surface area contributed by atoms with E-state index < -0.39 is 0 Å². The highest BCUT2D eigenvalue weighted by Crippen LogP contribution is 2.41. The van der Waals surface area contributed by atoms with E-state index in [2.05, 4.69) is 17.5 Å². The van der Waals surface area contributed by atoms with E-state index in [9.17, 15) is 0 Å². The molecule has 2 atom stereocenters. The third kappa shape index (κ3) is 0.855. The summed E-state index contributed by atoms with van der Waals surface area (Å²) in [5, 5.41) is 3.53. The Morgan fingerprint density at radius 3 is 3.42 bits per heavy atom. The molecule has 1 N–H and O–H groups in total. The number of hydrogen-bond donors (Lipinski definition) is 1. The summed E-state index contributed by atoms with van der Waals surface area (Å²) in [4.78, 5) is 0. The van der Waals surface area contributed by atoms with Crippen molar-refractivity contribution in [2.24, 2.45) is 11.8 Å². The predicted molar refractivity (Wildman–Crippen MR) is 49.6 cm³/mol. The van der Waals surface area contributed by atoms with Crippen LogP contribution in [-0.4, -0.2) is 6.54 Å². The second-order valence-corrected chi connectivity index (χ2v) is 4.26. The molecule has 2 unspecified atom stereocenters. The van der Waals surface area contributed by atoms with Crippen molar-refractivity contribution in [3.05, 3.63) is 23.4 Å². The first-order valence-corrected chi connectivity index (χ1v) is 5.06. The van der Waals surface area contributed by atoms with Gasteiger partial charge in [-0.1, -0.05) is 12.2 Å². The molecule has 2 bridgehead atoms. The lowest BCUT2D eigenvalue weighted by atomic mass is 9.74. The van der Waals surface area contributed by atoms with Crippen LogP contribution < -0.4 is 5.32 Å². The molecular formula is C11H15N. The van der Waals surface area contributed by atoms with Crippen molar-refractivity contribution in [2.75, 3.05) is 6.54 Å². The van der Waals surface area contributed by atoms with E-state index in [1.54, 1.807) is 11.3 Å². The number of rotatable bonds is 0. The molecule has 3 aliphatic rings. The molecule has 0 radical (unpaired) electrons. The number of hydrogen-bond acceptors (Lipinski definition) is 1. The summed E-state index contributed by atoms with van der Waals surface area (Å²) in [5.41, 5.74) is 3.32. The topological polar surface area (TPSA) is 12.0 Å². The molecule has 0 aromatic carbocycles. The minimum atomic E-state index is 0.808. The fourth-order valence-corrected chi connectivity index (χ4v) is 2.91. The van der Waals surface area contributed by atoms with Gasteiger partial charge in [-0.25, -0.2) is 0 Å². The zero-order valence-corrected chi connectivity index (χ0v) is 7.34. The molecule has 0 spiro atoms. The average molecular weight is 161 g/mol. The van der Waals surface area contributed by atoms with Crippen LogP contribution in [0.15, 0.2) is 23.4 Å². The van der Waals surface area contributed by atoms with Gasteiger partial charge in [-0.05, 0) is 37.2 Å². The molecule has 0 amide bonds. The van der Waals surface area contributed by atoms with E-state index in [0.29, 0.717) is 0 Å². The SMILES string of the molecule is C1=CC2CC(C1)CC1=C2CCN1. The summed E-state index contributed by atoms with van der Waals surface area (Å²) in [5.74, 6) is 1.76. The van der Waals surface area contributed by atoms with Crippen LogP contribution in [0.3, 0.4) is 0 Å². The van der Waals surface area contributed by atoms with Gasteiger partial charge in [-0.2, -0.15) is 0 Å². The van der Waals surface area contributed by atoms with Gasteiger partial charge < -0.3 is 5.32 Å². The lowest BCUT2D eigenvalue weighted by Crippen LogP contribution is -2.22. The molecule has 3 rings (SSSR count). The quantitative estimate of drug-likeness (QED) is 0.537. The summed E-state index contributed by atoms with van der Waals surface area (Å²) in [7, 11) is 0. The smallest absolute Gasteiger partial charge is 0.0182 e. The van der Waals surface area contributed by atoms with Gasteiger partial charge in [0, 0.05) is 18.2 Å². The molecule has 0 saturated heterocycles. The van der Waals surface area contributed by atoms with Crippen molar-refractivity contribution in [2.45, 2.75) is 25.7 Å². The van der Waals surface area contributed by atoms with Crippen LogP contribution >= 0.6 is 0 Å². The van der Waals surface area contributed by atoms with Gasteiger partial charge in [0.2, 0.25) is 0 Å². The van der Waals surface area contributed by atoms with Gasteiger partial charge in [-0.3, -0.25) is 0 Å². The van der Waals surface area contributed by atoms with Crippen LogP contribution in [0, 0.1) is 11.8 Å². The Morgan fingerprint density at radius 2 is 2.42 bits per heavy atom. The number of fused-ring (bicyclic) bond motifs is 3. The van der Waals surface area contributed by atoms with Crippen LogP contribution in [0.1, 0.15) is 25.7 Å². The number of nitrogens with one attached hydrogen (secondary N) is 1. The molecule has 0 saturated carbocycles. The van der Waals surface area contributed by atoms with Crippen molar-refractivity contribution in [3.8, 4) is 0 Å². The first-order chi connectivity index (χ1) is 5.93. The largest absolute Gasteiger partial charge is 0.388 e. The molecule has 64 valence electrons. The Balaban J connectivity index is 2.00. The van der Waals surface area contributed by atoms with Crippen molar-refractivity contribution < 1.29 is 0 Å². The van der Waals surface area contributed by atoms with Gasteiger partial charge >= 0.3 is 0 Å². The molecule has 1 heterocycles. The molecule has 0 aromatic heterocycles. The summed E-state index contributed by atoms with van der Waals surface area (Å²) in [6, 6.07) is 0. The maximum atomic E-state index is 3.53. The minimum Gasteiger partial charge on any atom is -0.388 e. The fourth-order valence-electron chi connectivity index (χ4n) is 2.91. The van der Waals surface area contributed by atoms with E-state index in [0.717, 1.165) is 11.8 Å². The molecule has 1 nitrogen and oxygen atoms in total. The third-order valence-electron chi connectivity index (χ3n) is 3.49. The highest BCUT2D eigenvalue weighted by atomic mass is 14.9. The van der Waals surface area contributed by atoms with E-state index >= 15 is 0 Å². The molecule has 0 aromatic rings. The first kappa shape index (κ1) is 6.76. The molecule has 12 heavy (non-hydrogen) atoms. The van der Waals surface area contributed by atoms with E-state index in [-0.39, 0.29) is 0 Å². The maximum absolute atomic E-state index is 3.53. The first-order valence-electron chi connectivity index (χ1n) is 5.06. The molecule has 0 fully saturated rings. The Morgan fingerprint density at radius 1 is 1.42 bits per heavy atom. The van der Waals surface area contributed by atoms with Crippen molar-refractivity contribution in [3.63, 3.8) is 0 Å². The highest BCUT2D eigenvalue weighted by molar-refractivity contribution is 5.29. The fraction of sp³-hybridized carbons (Fsp3) is 0.636. The van der Waals surface area contributed by atoms with Crippen LogP contribution in [-0.2, 0) is 0 Å². The van der Waals surface area contributed by atoms with Crippen molar-refractivity contribution in [1.82, 2.24) is 5.32 Å². The van der Waals surface area contributed by atoms with Gasteiger partial charge in [0.1, 0.15) is 0 Å². The molecule has 2 aliphatic carbocycles. The number of allylic oxidation sites excluding steroid dienone is 3. The highest BCUT2D eigenvalue weighted by Gasteiger charge is 2.31. The average Bonchev–Trinajstić information content (AvgIpc) is 2.53. The summed E-state index contributed by atoms with van der Waals surface area (Å²) >= 11 is 0. The van der Waals surface area contributed by atoms with Crippen LogP contribution in [0.25, 0.3) is 0 Å². The Kier molecular flexibility index (Phi) is 1.34. The van der Waals surface area contributed by atoms with E-state index in [1.807, 2.05) is 0 Å². The summed E-state index contributed by atoms with van der Waals surface area (Å²) in [6.45, 7) is 1.20. The molecular weight excluding hydrogens is 146 g/mol. The van der Waals surface area contributed by atoms with Crippen molar-refractivity contribution in [1.29, 1.82) is 0 Å². The third-order valence-corrected chi connectivity index (χ3v) is 3.49.